The van der Waals surface area contributed by atoms with Crippen molar-refractivity contribution in [3.05, 3.63) is 35.6 Å². The van der Waals surface area contributed by atoms with Gasteiger partial charge in [0.25, 0.3) is 0 Å². The van der Waals surface area contributed by atoms with E-state index < -0.39 is 0 Å². The Labute approximate surface area is 140 Å². The minimum Gasteiger partial charge on any atom is -0.355 e. The lowest BCUT2D eigenvalue weighted by Crippen LogP contribution is -2.32. The second kappa shape index (κ2) is 6.40. The standard InChI is InChI=1S/C18H21N3OS/c22-17(20-10-15-7-12-3-4-13(15)6-12)8-16-11-23-18(21-16)14-2-1-5-19-9-14/h1-2,5,9,11-13,15H,3-4,6-8,10H2,(H,20,22). The Bertz CT molecular complexity index is 685. The fourth-order valence-corrected chi connectivity index (χ4v) is 4.92. The van der Waals surface area contributed by atoms with Gasteiger partial charge in [-0.25, -0.2) is 4.98 Å². The largest absolute Gasteiger partial charge is 0.355 e. The first-order chi connectivity index (χ1) is 11.3. The molecule has 5 heteroatoms. The lowest BCUT2D eigenvalue weighted by Gasteiger charge is -2.21. The number of nitrogens with zero attached hydrogens (tertiary/aromatic N) is 2. The van der Waals surface area contributed by atoms with Crippen LogP contribution in [0.25, 0.3) is 10.6 Å². The topological polar surface area (TPSA) is 54.9 Å². The monoisotopic (exact) mass is 327 g/mol. The first kappa shape index (κ1) is 14.8. The molecular weight excluding hydrogens is 306 g/mol. The predicted molar refractivity (Wildman–Crippen MR) is 91.0 cm³/mol. The van der Waals surface area contributed by atoms with E-state index in [0.717, 1.165) is 34.6 Å². The molecule has 1 amide bonds. The zero-order chi connectivity index (χ0) is 15.6. The minimum absolute atomic E-state index is 0.0933. The summed E-state index contributed by atoms with van der Waals surface area (Å²) in [7, 11) is 0. The van der Waals surface area contributed by atoms with Crippen molar-refractivity contribution in [2.75, 3.05) is 6.54 Å². The van der Waals surface area contributed by atoms with E-state index in [-0.39, 0.29) is 5.91 Å². The van der Waals surface area contributed by atoms with Gasteiger partial charge in [-0.1, -0.05) is 6.42 Å². The van der Waals surface area contributed by atoms with E-state index in [0.29, 0.717) is 12.3 Å². The number of nitrogens with one attached hydrogen (secondary N) is 1. The summed E-state index contributed by atoms with van der Waals surface area (Å²) in [5.74, 6) is 2.59. The van der Waals surface area contributed by atoms with Crippen molar-refractivity contribution in [1.29, 1.82) is 0 Å². The van der Waals surface area contributed by atoms with E-state index in [9.17, 15) is 4.79 Å². The molecule has 2 aliphatic rings. The summed E-state index contributed by atoms with van der Waals surface area (Å²) in [4.78, 5) is 20.8. The first-order valence-electron chi connectivity index (χ1n) is 8.39. The van der Waals surface area contributed by atoms with Gasteiger partial charge in [0.2, 0.25) is 5.91 Å². The SMILES string of the molecule is O=C(Cc1csc(-c2cccnc2)n1)NCC1CC2CCC1C2. The summed E-state index contributed by atoms with van der Waals surface area (Å²) in [5, 5.41) is 6.02. The molecule has 2 saturated carbocycles. The number of thiazole rings is 1. The maximum absolute atomic E-state index is 12.2. The molecule has 1 N–H and O–H groups in total. The maximum Gasteiger partial charge on any atom is 0.226 e. The number of amides is 1. The highest BCUT2D eigenvalue weighted by Crippen LogP contribution is 2.47. The molecular formula is C18H21N3OS. The van der Waals surface area contributed by atoms with Crippen molar-refractivity contribution in [1.82, 2.24) is 15.3 Å². The van der Waals surface area contributed by atoms with Crippen LogP contribution in [-0.4, -0.2) is 22.4 Å². The Kier molecular flexibility index (Phi) is 4.12. The number of rotatable bonds is 5. The normalized spacial score (nSPS) is 25.7. The lowest BCUT2D eigenvalue weighted by molar-refractivity contribution is -0.120. The quantitative estimate of drug-likeness (QED) is 0.917. The van der Waals surface area contributed by atoms with E-state index in [2.05, 4.69) is 15.3 Å². The van der Waals surface area contributed by atoms with Gasteiger partial charge in [-0.05, 0) is 49.1 Å². The Balaban J connectivity index is 1.30. The highest BCUT2D eigenvalue weighted by Gasteiger charge is 2.39. The molecule has 2 aliphatic carbocycles. The summed E-state index contributed by atoms with van der Waals surface area (Å²) in [6, 6.07) is 3.89. The molecule has 2 heterocycles. The molecule has 0 radical (unpaired) electrons. The summed E-state index contributed by atoms with van der Waals surface area (Å²) < 4.78 is 0. The number of pyridine rings is 1. The number of hydrogen-bond acceptors (Lipinski definition) is 4. The van der Waals surface area contributed by atoms with Gasteiger partial charge in [0.1, 0.15) is 5.01 Å². The van der Waals surface area contributed by atoms with Gasteiger partial charge < -0.3 is 5.32 Å². The van der Waals surface area contributed by atoms with Crippen LogP contribution in [0.15, 0.2) is 29.9 Å². The van der Waals surface area contributed by atoms with Gasteiger partial charge in [0.15, 0.2) is 0 Å². The van der Waals surface area contributed by atoms with Crippen LogP contribution in [0.2, 0.25) is 0 Å². The van der Waals surface area contributed by atoms with Crippen LogP contribution >= 0.6 is 11.3 Å². The van der Waals surface area contributed by atoms with Crippen molar-refractivity contribution in [3.63, 3.8) is 0 Å². The fourth-order valence-electron chi connectivity index (χ4n) is 4.11. The Morgan fingerprint density at radius 1 is 1.35 bits per heavy atom. The molecule has 23 heavy (non-hydrogen) atoms. The smallest absolute Gasteiger partial charge is 0.226 e. The lowest BCUT2D eigenvalue weighted by atomic mass is 9.89. The molecule has 2 fully saturated rings. The van der Waals surface area contributed by atoms with Crippen LogP contribution in [0.3, 0.4) is 0 Å². The van der Waals surface area contributed by atoms with Crippen molar-refractivity contribution in [3.8, 4) is 10.6 Å². The van der Waals surface area contributed by atoms with Gasteiger partial charge in [-0.15, -0.1) is 11.3 Å². The molecule has 2 bridgehead atoms. The predicted octanol–water partition coefficient (Wildman–Crippen LogP) is 3.30. The van der Waals surface area contributed by atoms with Gasteiger partial charge in [0.05, 0.1) is 12.1 Å². The fraction of sp³-hybridized carbons (Fsp3) is 0.500. The zero-order valence-corrected chi connectivity index (χ0v) is 13.9. The van der Waals surface area contributed by atoms with E-state index in [4.69, 9.17) is 0 Å². The third-order valence-electron chi connectivity index (χ3n) is 5.25. The summed E-state index contributed by atoms with van der Waals surface area (Å²) >= 11 is 1.57. The highest BCUT2D eigenvalue weighted by molar-refractivity contribution is 7.13. The third kappa shape index (κ3) is 3.29. The van der Waals surface area contributed by atoms with Crippen LogP contribution in [0.5, 0.6) is 0 Å². The number of carbonyl (C=O) groups is 1. The first-order valence-corrected chi connectivity index (χ1v) is 9.27. The molecule has 2 aromatic heterocycles. The minimum atomic E-state index is 0.0933. The van der Waals surface area contributed by atoms with Gasteiger partial charge >= 0.3 is 0 Å². The van der Waals surface area contributed by atoms with Gasteiger partial charge in [0, 0.05) is 29.9 Å². The Hall–Kier alpha value is -1.75. The average Bonchev–Trinajstić information content (AvgIpc) is 3.30. The molecule has 120 valence electrons. The third-order valence-corrected chi connectivity index (χ3v) is 6.19. The molecule has 0 saturated heterocycles. The molecule has 4 nitrogen and oxygen atoms in total. The van der Waals surface area contributed by atoms with Crippen LogP contribution in [-0.2, 0) is 11.2 Å². The summed E-state index contributed by atoms with van der Waals surface area (Å²) in [6.45, 7) is 0.847. The van der Waals surface area contributed by atoms with Crippen LogP contribution in [0.1, 0.15) is 31.4 Å². The van der Waals surface area contributed by atoms with Gasteiger partial charge in [-0.2, -0.15) is 0 Å². The molecule has 0 spiro atoms. The van der Waals surface area contributed by atoms with E-state index in [1.54, 1.807) is 23.7 Å². The maximum atomic E-state index is 12.2. The second-order valence-electron chi connectivity index (χ2n) is 6.80. The Morgan fingerprint density at radius 3 is 3.04 bits per heavy atom. The molecule has 4 rings (SSSR count). The molecule has 0 aromatic carbocycles. The number of hydrogen-bond donors (Lipinski definition) is 1. The van der Waals surface area contributed by atoms with Gasteiger partial charge in [-0.3, -0.25) is 9.78 Å². The Morgan fingerprint density at radius 2 is 2.30 bits per heavy atom. The molecule has 2 aromatic rings. The van der Waals surface area contributed by atoms with Crippen molar-refractivity contribution >= 4 is 17.2 Å². The van der Waals surface area contributed by atoms with E-state index in [1.807, 2.05) is 17.5 Å². The summed E-state index contributed by atoms with van der Waals surface area (Å²) in [6.07, 6.45) is 9.40. The van der Waals surface area contributed by atoms with Crippen molar-refractivity contribution < 1.29 is 4.79 Å². The average molecular weight is 327 g/mol. The van der Waals surface area contributed by atoms with Crippen molar-refractivity contribution in [2.45, 2.75) is 32.1 Å². The number of carbonyl (C=O) groups excluding carboxylic acids is 1. The molecule has 3 unspecified atom stereocenters. The van der Waals surface area contributed by atoms with Crippen LogP contribution < -0.4 is 5.32 Å². The zero-order valence-electron chi connectivity index (χ0n) is 13.1. The van der Waals surface area contributed by atoms with E-state index in [1.165, 1.54) is 25.7 Å². The summed E-state index contributed by atoms with van der Waals surface area (Å²) in [5.41, 5.74) is 1.85. The number of fused-ring (bicyclic) bond motifs is 2. The highest BCUT2D eigenvalue weighted by atomic mass is 32.1. The van der Waals surface area contributed by atoms with Crippen LogP contribution in [0.4, 0.5) is 0 Å². The van der Waals surface area contributed by atoms with E-state index >= 15 is 0 Å². The molecule has 0 aliphatic heterocycles. The van der Waals surface area contributed by atoms with Crippen LogP contribution in [0, 0.1) is 17.8 Å². The number of aromatic nitrogens is 2. The second-order valence-corrected chi connectivity index (χ2v) is 7.66. The van der Waals surface area contributed by atoms with Crippen molar-refractivity contribution in [2.24, 2.45) is 17.8 Å². The molecule has 3 atom stereocenters.